The van der Waals surface area contributed by atoms with Crippen LogP contribution in [0.3, 0.4) is 0 Å². The Kier molecular flexibility index (Phi) is 11.6. The molecule has 1 aliphatic heterocycles. The molecule has 2 bridgehead atoms. The number of benzene rings is 2. The first-order valence-electron chi connectivity index (χ1n) is 17.9. The number of para-hydroxylation sites is 1. The highest BCUT2D eigenvalue weighted by molar-refractivity contribution is 5.98. The van der Waals surface area contributed by atoms with Crippen LogP contribution in [-0.4, -0.2) is 92.1 Å². The molecule has 3 N–H and O–H groups in total. The zero-order chi connectivity index (χ0) is 36.5. The van der Waals surface area contributed by atoms with E-state index >= 15 is 0 Å². The monoisotopic (exact) mass is 693 g/mol. The predicted molar refractivity (Wildman–Crippen MR) is 190 cm³/mol. The minimum absolute atomic E-state index is 0.0232. The van der Waals surface area contributed by atoms with Gasteiger partial charge in [-0.15, -0.1) is 0 Å². The van der Waals surface area contributed by atoms with Crippen LogP contribution in [0, 0.1) is 35.0 Å². The molecule has 1 unspecified atom stereocenters. The number of nitrogens with zero attached hydrogens (tertiary/aromatic N) is 2. The lowest BCUT2D eigenvalue weighted by Gasteiger charge is -2.62. The second kappa shape index (κ2) is 15.4. The van der Waals surface area contributed by atoms with Crippen LogP contribution >= 0.6 is 0 Å². The van der Waals surface area contributed by atoms with Gasteiger partial charge in [0.25, 0.3) is 5.91 Å². The van der Waals surface area contributed by atoms with E-state index < -0.39 is 36.0 Å². The van der Waals surface area contributed by atoms with Crippen LogP contribution in [0.5, 0.6) is 5.75 Å². The molecular weight excluding hydrogens is 638 g/mol. The smallest absolute Gasteiger partial charge is 0.325 e. The topological polar surface area (TPSA) is 138 Å². The summed E-state index contributed by atoms with van der Waals surface area (Å²) in [7, 11) is 5.33. The first-order chi connectivity index (χ1) is 23.7. The number of ketones is 1. The first-order valence-corrected chi connectivity index (χ1v) is 17.9. The summed E-state index contributed by atoms with van der Waals surface area (Å²) in [6.45, 7) is 10.2. The highest BCUT2D eigenvalue weighted by Gasteiger charge is 2.57. The maximum absolute atomic E-state index is 14.3. The number of rotatable bonds is 14. The number of carbonyl (C=O) groups excluding carboxylic acids is 3. The molecule has 0 spiro atoms. The Morgan fingerprint density at radius 3 is 2.50 bits per heavy atom. The van der Waals surface area contributed by atoms with Crippen molar-refractivity contribution in [3.8, 4) is 16.9 Å². The van der Waals surface area contributed by atoms with E-state index in [2.05, 4.69) is 26.1 Å². The third-order valence-corrected chi connectivity index (χ3v) is 11.7. The van der Waals surface area contributed by atoms with Crippen LogP contribution in [0.1, 0.15) is 69.8 Å². The normalized spacial score (nSPS) is 27.6. The van der Waals surface area contributed by atoms with Gasteiger partial charge in [-0.1, -0.05) is 39.0 Å². The fraction of sp³-hybridized carbons (Fsp3) is 0.615. The highest BCUT2D eigenvalue weighted by Crippen LogP contribution is 2.63. The Labute approximate surface area is 296 Å². The molecule has 1 saturated heterocycles. The lowest BCUT2D eigenvalue weighted by atomic mass is 9.43. The van der Waals surface area contributed by atoms with E-state index in [1.807, 2.05) is 43.3 Å². The SMILES string of the molecule is CCOC(=O)CNC(=O)c1cc(-c2cccc(CN3O[C@@H](CO)[C@@H]([C@H](C)O)[C@H]3C(=O)CC3C[C@H]4C[C@@H]([C@@H]3C)C4(C)C)c2OC)cc(N(C)C)c1. The number of hydrogen-bond donors (Lipinski definition) is 3. The molecule has 6 rings (SSSR count). The van der Waals surface area contributed by atoms with Gasteiger partial charge in [-0.2, -0.15) is 5.06 Å². The quantitative estimate of drug-likeness (QED) is 0.243. The molecule has 3 aliphatic carbocycles. The molecule has 4 fully saturated rings. The lowest BCUT2D eigenvalue weighted by molar-refractivity contribution is -0.183. The van der Waals surface area contributed by atoms with E-state index in [-0.39, 0.29) is 38.0 Å². The Hall–Kier alpha value is -3.51. The number of amides is 1. The Balaban J connectivity index is 1.44. The molecule has 0 aromatic heterocycles. The van der Waals surface area contributed by atoms with Gasteiger partial charge in [0, 0.05) is 48.8 Å². The van der Waals surface area contributed by atoms with Crippen LogP contribution in [0.2, 0.25) is 0 Å². The first kappa shape index (κ1) is 37.7. The van der Waals surface area contributed by atoms with Crippen molar-refractivity contribution in [3.63, 3.8) is 0 Å². The maximum atomic E-state index is 14.3. The van der Waals surface area contributed by atoms with E-state index in [0.29, 0.717) is 46.5 Å². The van der Waals surface area contributed by atoms with Crippen molar-refractivity contribution in [1.29, 1.82) is 0 Å². The van der Waals surface area contributed by atoms with Crippen LogP contribution in [0.4, 0.5) is 5.69 Å². The second-order valence-electron chi connectivity index (χ2n) is 15.2. The third kappa shape index (κ3) is 7.42. The third-order valence-electron chi connectivity index (χ3n) is 11.7. The summed E-state index contributed by atoms with van der Waals surface area (Å²) in [5.74, 6) is 0.962. The summed E-state index contributed by atoms with van der Waals surface area (Å²) in [6.07, 6.45) is 1.05. The summed E-state index contributed by atoms with van der Waals surface area (Å²) >= 11 is 0. The van der Waals surface area contributed by atoms with Crippen LogP contribution in [-0.2, 0) is 25.7 Å². The molecule has 0 radical (unpaired) electrons. The van der Waals surface area contributed by atoms with E-state index in [1.165, 1.54) is 6.42 Å². The number of hydroxylamine groups is 2. The van der Waals surface area contributed by atoms with E-state index in [0.717, 1.165) is 23.2 Å². The Morgan fingerprint density at radius 2 is 1.90 bits per heavy atom. The number of hydrogen-bond acceptors (Lipinski definition) is 10. The number of fused-ring (bicyclic) bond motifs is 2. The number of esters is 1. The highest BCUT2D eigenvalue weighted by atomic mass is 16.7. The number of ether oxygens (including phenoxy) is 2. The maximum Gasteiger partial charge on any atom is 0.325 e. The van der Waals surface area contributed by atoms with Crippen molar-refractivity contribution in [2.75, 3.05) is 45.9 Å². The fourth-order valence-electron chi connectivity index (χ4n) is 8.82. The average Bonchev–Trinajstić information content (AvgIpc) is 3.46. The lowest BCUT2D eigenvalue weighted by Crippen LogP contribution is -2.55. The minimum Gasteiger partial charge on any atom is -0.496 e. The van der Waals surface area contributed by atoms with Crippen molar-refractivity contribution in [2.24, 2.45) is 35.0 Å². The summed E-state index contributed by atoms with van der Waals surface area (Å²) in [5.41, 5.74) is 3.62. The van der Waals surface area contributed by atoms with Crippen molar-refractivity contribution >= 4 is 23.3 Å². The number of methoxy groups -OCH3 is 1. The number of Topliss-reactive ketones (excluding diaryl/α,β-unsaturated/α-hetero) is 1. The van der Waals surface area contributed by atoms with Crippen molar-refractivity contribution < 1.29 is 38.9 Å². The van der Waals surface area contributed by atoms with Gasteiger partial charge in [-0.25, -0.2) is 0 Å². The number of anilines is 1. The van der Waals surface area contributed by atoms with Gasteiger partial charge in [0.1, 0.15) is 24.4 Å². The van der Waals surface area contributed by atoms with Crippen molar-refractivity contribution in [2.45, 2.75) is 78.7 Å². The number of nitrogens with one attached hydrogen (secondary N) is 1. The van der Waals surface area contributed by atoms with Gasteiger partial charge >= 0.3 is 5.97 Å². The number of carbonyl (C=O) groups is 3. The van der Waals surface area contributed by atoms with E-state index in [4.69, 9.17) is 14.3 Å². The molecule has 3 saturated carbocycles. The van der Waals surface area contributed by atoms with Gasteiger partial charge < -0.3 is 29.9 Å². The molecule has 2 aromatic carbocycles. The summed E-state index contributed by atoms with van der Waals surface area (Å²) in [5, 5.41) is 25.5. The fourth-order valence-corrected chi connectivity index (χ4v) is 8.82. The molecule has 11 nitrogen and oxygen atoms in total. The summed E-state index contributed by atoms with van der Waals surface area (Å²) < 4.78 is 11.0. The molecule has 1 heterocycles. The van der Waals surface area contributed by atoms with Gasteiger partial charge in [-0.05, 0) is 79.5 Å². The molecule has 11 heteroatoms. The molecule has 2 aromatic rings. The minimum atomic E-state index is -0.877. The van der Waals surface area contributed by atoms with Crippen LogP contribution in [0.15, 0.2) is 36.4 Å². The number of aliphatic hydroxyl groups is 2. The molecule has 8 atom stereocenters. The van der Waals surface area contributed by atoms with Gasteiger partial charge in [0.2, 0.25) is 0 Å². The standard InChI is InChI=1S/C39H55N3O8/c1-9-49-34(46)19-40-38(47)27-13-26(15-29(16-27)41(6)7)30-12-10-11-24(37(30)48-8)20-42-36(35(23(3)44)33(21-43)50-42)32(45)17-25-14-28-18-31(22(25)2)39(28,4)5/h10-13,15-16,22-23,25,28,31,33,35-36,43-44H,9,14,17-21H2,1-8H3,(H,40,47)/t22-,23+,25?,28+,31+,33+,35-,36-/m1/s1. The average molecular weight is 694 g/mol. The summed E-state index contributed by atoms with van der Waals surface area (Å²) in [6, 6.07) is 10.4. The Morgan fingerprint density at radius 1 is 1.16 bits per heavy atom. The van der Waals surface area contributed by atoms with Crippen molar-refractivity contribution in [1.82, 2.24) is 10.4 Å². The molecular formula is C39H55N3O8. The second-order valence-corrected chi connectivity index (χ2v) is 15.2. The van der Waals surface area contributed by atoms with E-state index in [9.17, 15) is 24.6 Å². The van der Waals surface area contributed by atoms with Crippen molar-refractivity contribution in [3.05, 3.63) is 47.5 Å². The van der Waals surface area contributed by atoms with Crippen LogP contribution in [0.25, 0.3) is 11.1 Å². The zero-order valence-electron chi connectivity index (χ0n) is 30.8. The largest absolute Gasteiger partial charge is 0.496 e. The predicted octanol–water partition coefficient (Wildman–Crippen LogP) is 4.47. The Bertz CT molecular complexity index is 1560. The number of aliphatic hydroxyl groups excluding tert-OH is 2. The molecule has 274 valence electrons. The summed E-state index contributed by atoms with van der Waals surface area (Å²) in [4.78, 5) is 47.5. The molecule has 50 heavy (non-hydrogen) atoms. The van der Waals surface area contributed by atoms with Gasteiger partial charge in [0.05, 0.1) is 33.0 Å². The van der Waals surface area contributed by atoms with E-state index in [1.54, 1.807) is 38.2 Å². The molecule has 1 amide bonds. The van der Waals surface area contributed by atoms with Crippen LogP contribution < -0.4 is 15.0 Å². The molecule has 4 aliphatic rings. The van der Waals surface area contributed by atoms with Gasteiger partial charge in [0.15, 0.2) is 5.78 Å². The van der Waals surface area contributed by atoms with Gasteiger partial charge in [-0.3, -0.25) is 19.2 Å². The zero-order valence-corrected chi connectivity index (χ0v) is 30.8.